The second-order valence-corrected chi connectivity index (χ2v) is 6.88. The molecule has 0 aromatic heterocycles. The Morgan fingerprint density at radius 3 is 2.53 bits per heavy atom. The van der Waals surface area contributed by atoms with Gasteiger partial charge in [0, 0.05) is 11.3 Å². The zero-order chi connectivity index (χ0) is 13.1. The highest BCUT2D eigenvalue weighted by Gasteiger charge is 2.39. The van der Waals surface area contributed by atoms with Crippen molar-refractivity contribution in [1.29, 1.82) is 0 Å². The number of nitrogens with one attached hydrogen (secondary N) is 1. The molecule has 4 heteroatoms. The second kappa shape index (κ2) is 6.10. The molecule has 2 unspecified atom stereocenters. The van der Waals surface area contributed by atoms with Crippen LogP contribution in [0.1, 0.15) is 47.0 Å². The lowest BCUT2D eigenvalue weighted by atomic mass is 10.1. The van der Waals surface area contributed by atoms with Crippen molar-refractivity contribution >= 4 is 17.7 Å². The van der Waals surface area contributed by atoms with Gasteiger partial charge >= 0.3 is 0 Å². The van der Waals surface area contributed by atoms with Crippen LogP contribution in [0, 0.1) is 0 Å². The zero-order valence-electron chi connectivity index (χ0n) is 11.7. The van der Waals surface area contributed by atoms with Crippen LogP contribution < -0.4 is 5.32 Å². The van der Waals surface area contributed by atoms with Crippen LogP contribution in [0.4, 0.5) is 0 Å². The zero-order valence-corrected chi connectivity index (χ0v) is 12.6. The van der Waals surface area contributed by atoms with Crippen LogP contribution in [0.2, 0.25) is 0 Å². The molecule has 100 valence electrons. The molecule has 2 atom stereocenters. The maximum Gasteiger partial charge on any atom is 0.241 e. The monoisotopic (exact) mass is 258 g/mol. The summed E-state index contributed by atoms with van der Waals surface area (Å²) in [5.74, 6) is 0.285. The number of nitrogens with zero attached hydrogens (tertiary/aromatic N) is 1. The molecule has 1 saturated heterocycles. The molecule has 1 heterocycles. The predicted octanol–water partition coefficient (Wildman–Crippen LogP) is 2.46. The summed E-state index contributed by atoms with van der Waals surface area (Å²) in [5.41, 5.74) is 0. The van der Waals surface area contributed by atoms with Gasteiger partial charge in [-0.05, 0) is 32.9 Å². The van der Waals surface area contributed by atoms with Gasteiger partial charge in [-0.15, -0.1) is 0 Å². The van der Waals surface area contributed by atoms with Crippen LogP contribution >= 0.6 is 11.8 Å². The second-order valence-electron chi connectivity index (χ2n) is 5.36. The first kappa shape index (κ1) is 14.8. The highest BCUT2D eigenvalue weighted by Crippen LogP contribution is 2.26. The van der Waals surface area contributed by atoms with Gasteiger partial charge in [0.2, 0.25) is 5.91 Å². The molecule has 0 spiro atoms. The number of carbonyl (C=O) groups excluding carboxylic acids is 1. The third-order valence-electron chi connectivity index (χ3n) is 3.43. The molecule has 3 nitrogen and oxygen atoms in total. The Kier molecular flexibility index (Phi) is 5.32. The van der Waals surface area contributed by atoms with Crippen LogP contribution in [0.25, 0.3) is 0 Å². The number of amides is 1. The van der Waals surface area contributed by atoms with Crippen molar-refractivity contribution in [3.05, 3.63) is 0 Å². The average molecular weight is 258 g/mol. The summed E-state index contributed by atoms with van der Waals surface area (Å²) in [6.45, 7) is 9.48. The van der Waals surface area contributed by atoms with Gasteiger partial charge in [0.25, 0.3) is 0 Å². The summed E-state index contributed by atoms with van der Waals surface area (Å²) >= 11 is 1.82. The van der Waals surface area contributed by atoms with E-state index >= 15 is 0 Å². The molecular weight excluding hydrogens is 232 g/mol. The molecular formula is C13H26N2OS. The SMILES string of the molecule is CCCC1NC(CC)C(=O)N1CC(C)(C)SC. The molecule has 1 amide bonds. The van der Waals surface area contributed by atoms with Gasteiger partial charge in [-0.3, -0.25) is 10.1 Å². The van der Waals surface area contributed by atoms with Crippen molar-refractivity contribution < 1.29 is 4.79 Å². The summed E-state index contributed by atoms with van der Waals surface area (Å²) < 4.78 is 0.131. The highest BCUT2D eigenvalue weighted by atomic mass is 32.2. The molecule has 0 saturated carbocycles. The Balaban J connectivity index is 2.74. The van der Waals surface area contributed by atoms with Crippen molar-refractivity contribution in [3.63, 3.8) is 0 Å². The lowest BCUT2D eigenvalue weighted by Gasteiger charge is -2.32. The van der Waals surface area contributed by atoms with Crippen molar-refractivity contribution in [1.82, 2.24) is 10.2 Å². The van der Waals surface area contributed by atoms with Crippen molar-refractivity contribution in [2.24, 2.45) is 0 Å². The smallest absolute Gasteiger partial charge is 0.241 e. The molecule has 1 rings (SSSR count). The number of rotatable bonds is 6. The van der Waals surface area contributed by atoms with Crippen molar-refractivity contribution in [3.8, 4) is 0 Å². The number of hydrogen-bond donors (Lipinski definition) is 1. The molecule has 0 aromatic carbocycles. The van der Waals surface area contributed by atoms with Crippen LogP contribution in [-0.2, 0) is 4.79 Å². The Morgan fingerprint density at radius 2 is 2.06 bits per heavy atom. The van der Waals surface area contributed by atoms with E-state index in [4.69, 9.17) is 0 Å². The van der Waals surface area contributed by atoms with Gasteiger partial charge in [-0.25, -0.2) is 0 Å². The van der Waals surface area contributed by atoms with Crippen molar-refractivity contribution in [2.45, 2.75) is 63.9 Å². The predicted molar refractivity (Wildman–Crippen MR) is 75.2 cm³/mol. The first-order chi connectivity index (χ1) is 7.95. The Hall–Kier alpha value is -0.220. The fourth-order valence-corrected chi connectivity index (χ4v) is 2.48. The van der Waals surface area contributed by atoms with Crippen LogP contribution in [0.3, 0.4) is 0 Å². The first-order valence-electron chi connectivity index (χ1n) is 6.56. The molecule has 1 aliphatic heterocycles. The lowest BCUT2D eigenvalue weighted by molar-refractivity contribution is -0.130. The van der Waals surface area contributed by atoms with E-state index < -0.39 is 0 Å². The van der Waals surface area contributed by atoms with E-state index in [9.17, 15) is 4.79 Å². The summed E-state index contributed by atoms with van der Waals surface area (Å²) in [5, 5.41) is 3.46. The van der Waals surface area contributed by atoms with E-state index in [1.165, 1.54) is 0 Å². The number of thioether (sulfide) groups is 1. The fraction of sp³-hybridized carbons (Fsp3) is 0.923. The largest absolute Gasteiger partial charge is 0.324 e. The van der Waals surface area contributed by atoms with Crippen molar-refractivity contribution in [2.75, 3.05) is 12.8 Å². The highest BCUT2D eigenvalue weighted by molar-refractivity contribution is 7.99. The molecule has 1 fully saturated rings. The summed E-state index contributed by atoms with van der Waals surface area (Å²) in [6.07, 6.45) is 5.39. The van der Waals surface area contributed by atoms with E-state index in [2.05, 4.69) is 39.3 Å². The Bertz CT molecular complexity index is 268. The van der Waals surface area contributed by atoms with E-state index in [1.54, 1.807) is 0 Å². The standard InChI is InChI=1S/C13H26N2OS/c1-6-8-11-14-10(7-2)12(16)15(11)9-13(3,4)17-5/h10-11,14H,6-9H2,1-5H3. The summed E-state index contributed by atoms with van der Waals surface area (Å²) in [6, 6.07) is 0.0317. The summed E-state index contributed by atoms with van der Waals surface area (Å²) in [4.78, 5) is 14.3. The molecule has 17 heavy (non-hydrogen) atoms. The minimum atomic E-state index is 0.0317. The van der Waals surface area contributed by atoms with Gasteiger partial charge < -0.3 is 4.90 Å². The van der Waals surface area contributed by atoms with E-state index in [0.29, 0.717) is 0 Å². The minimum Gasteiger partial charge on any atom is -0.324 e. The van der Waals surface area contributed by atoms with Crippen LogP contribution in [0.5, 0.6) is 0 Å². The molecule has 1 N–H and O–H groups in total. The van der Waals surface area contributed by atoms with Gasteiger partial charge in [0.05, 0.1) is 12.2 Å². The summed E-state index contributed by atoms with van der Waals surface area (Å²) in [7, 11) is 0. The topological polar surface area (TPSA) is 32.3 Å². The minimum absolute atomic E-state index is 0.0317. The molecule has 0 aliphatic carbocycles. The van der Waals surface area contributed by atoms with Crippen LogP contribution in [0.15, 0.2) is 0 Å². The number of carbonyl (C=O) groups is 1. The molecule has 0 bridgehead atoms. The van der Waals surface area contributed by atoms with E-state index in [0.717, 1.165) is 25.8 Å². The van der Waals surface area contributed by atoms with Crippen LogP contribution in [-0.4, -0.2) is 40.6 Å². The van der Waals surface area contributed by atoms with Gasteiger partial charge in [0.15, 0.2) is 0 Å². The molecule has 1 aliphatic rings. The maximum atomic E-state index is 12.3. The van der Waals surface area contributed by atoms with Gasteiger partial charge in [0.1, 0.15) is 0 Å². The maximum absolute atomic E-state index is 12.3. The number of hydrogen-bond acceptors (Lipinski definition) is 3. The molecule has 0 radical (unpaired) electrons. The quantitative estimate of drug-likeness (QED) is 0.794. The van der Waals surface area contributed by atoms with Gasteiger partial charge in [-0.1, -0.05) is 20.3 Å². The first-order valence-corrected chi connectivity index (χ1v) is 7.79. The normalized spacial score (nSPS) is 25.7. The fourth-order valence-electron chi connectivity index (χ4n) is 2.22. The van der Waals surface area contributed by atoms with E-state index in [1.807, 2.05) is 16.7 Å². The van der Waals surface area contributed by atoms with Gasteiger partial charge in [-0.2, -0.15) is 11.8 Å². The third kappa shape index (κ3) is 3.62. The van der Waals surface area contributed by atoms with E-state index in [-0.39, 0.29) is 22.9 Å². The lowest BCUT2D eigenvalue weighted by Crippen LogP contribution is -2.44. The average Bonchev–Trinajstić information content (AvgIpc) is 2.57. The third-order valence-corrected chi connectivity index (χ3v) is 4.66. The Morgan fingerprint density at radius 1 is 1.41 bits per heavy atom. The molecule has 0 aromatic rings. The Labute approximate surface area is 110 Å².